The summed E-state index contributed by atoms with van der Waals surface area (Å²) in [6, 6.07) is 0. The van der Waals surface area contributed by atoms with Crippen molar-refractivity contribution in [2.75, 3.05) is 0 Å². The summed E-state index contributed by atoms with van der Waals surface area (Å²) in [6.45, 7) is 0. The molecule has 4 heavy (non-hydrogen) atoms. The summed E-state index contributed by atoms with van der Waals surface area (Å²) in [5, 5.41) is 0. The van der Waals surface area contributed by atoms with Crippen molar-refractivity contribution in [3.05, 3.63) is 0 Å². The molecule has 0 saturated carbocycles. The Bertz CT molecular complexity index is 8.00. The van der Waals surface area contributed by atoms with Crippen molar-refractivity contribution in [3.8, 4) is 0 Å². The summed E-state index contributed by atoms with van der Waals surface area (Å²) in [5.74, 6) is 0. The molecule has 0 heterocycles. The Labute approximate surface area is 59.4 Å². The molecule has 0 saturated heterocycles. The van der Waals surface area contributed by atoms with E-state index < -0.39 is 0 Å². The summed E-state index contributed by atoms with van der Waals surface area (Å²) in [4.78, 5) is 0. The van der Waals surface area contributed by atoms with Crippen LogP contribution in [0.5, 0.6) is 0 Å². The second-order valence-electron chi connectivity index (χ2n) is 0. The first-order valence-corrected chi connectivity index (χ1v) is 1.68. The molecule has 0 spiro atoms. The minimum atomic E-state index is 0. The smallest absolute Gasteiger partial charge is 0 e. The van der Waals surface area contributed by atoms with Gasteiger partial charge in [0.05, 0.1) is 0 Å². The fraction of sp³-hybridized carbons (Fsp3) is 0. The Hall–Kier alpha value is 1.80. The molecule has 0 N–H and O–H groups in total. The van der Waals surface area contributed by atoms with Crippen molar-refractivity contribution in [1.82, 2.24) is 0 Å². The molecule has 4 heteroatoms. The fourth-order valence-electron chi connectivity index (χ4n) is 0. The van der Waals surface area contributed by atoms with E-state index in [0.29, 0.717) is 0 Å². The van der Waals surface area contributed by atoms with E-state index in [9.17, 15) is 0 Å². The van der Waals surface area contributed by atoms with Crippen molar-refractivity contribution >= 4 is 10.6 Å². The minimum Gasteiger partial charge on any atom is 0 e. The Morgan fingerprint density at radius 1 is 1.25 bits per heavy atom. The fourth-order valence-corrected chi connectivity index (χ4v) is 0. The molecule has 0 unspecified atom stereocenters. The van der Waals surface area contributed by atoms with Crippen LogP contribution < -0.4 is 0 Å². The van der Waals surface area contributed by atoms with E-state index in [1.54, 1.807) is 0 Å². The molecular weight excluding hydrogens is 201 g/mol. The maximum Gasteiger partial charge on any atom is 0 e. The van der Waals surface area contributed by atoms with E-state index in [1.807, 2.05) is 0 Å². The molecule has 0 fully saturated rings. The van der Waals surface area contributed by atoms with Gasteiger partial charge in [-0.2, -0.15) is 0 Å². The molecule has 0 nitrogen and oxygen atoms in total. The van der Waals surface area contributed by atoms with Crippen LogP contribution in [0.15, 0.2) is 0 Å². The van der Waals surface area contributed by atoms with Crippen LogP contribution in [0.4, 0.5) is 0 Å². The summed E-state index contributed by atoms with van der Waals surface area (Å²) in [6.07, 6.45) is 0. The number of hydrogen-bond donors (Lipinski definition) is 0. The Balaban J connectivity index is -0.00000000500. The van der Waals surface area contributed by atoms with Crippen LogP contribution in [0.3, 0.4) is 0 Å². The normalized spacial score (nSPS) is 1.25. The third-order valence-electron chi connectivity index (χ3n) is 0. The van der Waals surface area contributed by atoms with Gasteiger partial charge in [0.15, 0.2) is 0 Å². The van der Waals surface area contributed by atoms with E-state index in [4.69, 9.17) is 0 Å². The molecule has 1 radical (unpaired) electrons. The first kappa shape index (κ1) is 17.0. The Morgan fingerprint density at radius 2 is 1.25 bits per heavy atom. The van der Waals surface area contributed by atoms with Crippen LogP contribution >= 0.6 is 10.6 Å². The summed E-state index contributed by atoms with van der Waals surface area (Å²) in [5.41, 5.74) is 0. The van der Waals surface area contributed by atoms with Crippen molar-refractivity contribution in [1.29, 1.82) is 0 Å². The third-order valence-corrected chi connectivity index (χ3v) is 0. The van der Waals surface area contributed by atoms with Gasteiger partial charge in [-0.05, 0) is 0 Å². The molecule has 0 aliphatic heterocycles. The van der Waals surface area contributed by atoms with E-state index in [1.165, 1.54) is 0 Å². The molecule has 0 aromatic rings. The SMILES string of the molecule is [Ni].[S]=[Co].[V]. The van der Waals surface area contributed by atoms with Gasteiger partial charge in [-0.3, -0.25) is 0 Å². The average molecular weight is 201 g/mol. The van der Waals surface area contributed by atoms with E-state index in [-0.39, 0.29) is 35.0 Å². The zero-order valence-corrected chi connectivity index (χ0v) is 5.75. The van der Waals surface area contributed by atoms with Crippen LogP contribution in [0, 0.1) is 0 Å². The Kier molecular flexibility index (Phi) is 91.0. The predicted octanol–water partition coefficient (Wildman–Crippen LogP) is 0.641. The van der Waals surface area contributed by atoms with Crippen molar-refractivity contribution in [2.24, 2.45) is 0 Å². The monoisotopic (exact) mass is 200 g/mol. The summed E-state index contributed by atoms with van der Waals surface area (Å²) < 4.78 is 0. The van der Waals surface area contributed by atoms with Crippen molar-refractivity contribution in [3.63, 3.8) is 0 Å². The second kappa shape index (κ2) is 21.4. The van der Waals surface area contributed by atoms with E-state index in [0.717, 1.165) is 0 Å². The third kappa shape index (κ3) is 9.19. The maximum atomic E-state index is 3.77. The van der Waals surface area contributed by atoms with Gasteiger partial charge in [0.2, 0.25) is 0 Å². The van der Waals surface area contributed by atoms with Crippen LogP contribution in [0.2, 0.25) is 0 Å². The zero-order chi connectivity index (χ0) is 2.00. The topological polar surface area (TPSA) is 0 Å². The van der Waals surface area contributed by atoms with Gasteiger partial charge in [-0.1, -0.05) is 0 Å². The van der Waals surface area contributed by atoms with E-state index >= 15 is 0 Å². The minimum absolute atomic E-state index is 0. The molecule has 0 atom stereocenters. The first-order valence-electron chi connectivity index (χ1n) is 0.136. The Morgan fingerprint density at radius 3 is 1.25 bits per heavy atom. The second-order valence-corrected chi connectivity index (χ2v) is 0. The standard InChI is InChI=1S/Co.Ni.S.V. The van der Waals surface area contributed by atoms with Gasteiger partial charge in [0.1, 0.15) is 0 Å². The zero-order valence-electron chi connectivity index (χ0n) is 1.51. The van der Waals surface area contributed by atoms with Gasteiger partial charge in [0, 0.05) is 35.0 Å². The van der Waals surface area contributed by atoms with E-state index in [2.05, 4.69) is 24.7 Å². The summed E-state index contributed by atoms with van der Waals surface area (Å²) in [7, 11) is 3.77. The van der Waals surface area contributed by atoms with Gasteiger partial charge in [0.25, 0.3) is 0 Å². The molecule has 0 aromatic carbocycles. The molecule has 0 aliphatic rings. The summed E-state index contributed by atoms with van der Waals surface area (Å²) >= 11 is 3.15. The molecule has 0 aromatic heterocycles. The van der Waals surface area contributed by atoms with Crippen LogP contribution in [0.25, 0.3) is 0 Å². The van der Waals surface area contributed by atoms with Crippen LogP contribution in [-0.4, -0.2) is 0 Å². The molecule has 0 aliphatic carbocycles. The van der Waals surface area contributed by atoms with Gasteiger partial charge in [-0.15, -0.1) is 0 Å². The van der Waals surface area contributed by atoms with Crippen LogP contribution in [-0.2, 0) is 49.2 Å². The largest absolute Gasteiger partial charge is 0 e. The van der Waals surface area contributed by atoms with Crippen molar-refractivity contribution in [2.45, 2.75) is 0 Å². The number of hydrogen-bond acceptors (Lipinski definition) is 1. The van der Waals surface area contributed by atoms with Crippen LogP contribution in [0.1, 0.15) is 0 Å². The molecule has 0 bridgehead atoms. The van der Waals surface area contributed by atoms with Gasteiger partial charge < -0.3 is 0 Å². The first-order chi connectivity index (χ1) is 1.00. The molecule has 0 amide bonds. The number of rotatable bonds is 0. The molecule has 30 valence electrons. The van der Waals surface area contributed by atoms with Crippen molar-refractivity contribution < 1.29 is 49.2 Å². The van der Waals surface area contributed by atoms with Gasteiger partial charge in [-0.25, -0.2) is 0 Å². The predicted molar refractivity (Wildman–Crippen MR) is 7.59 cm³/mol. The average Bonchev–Trinajstić information content (AvgIpc) is 1.00. The molecular formula is CoNiSV. The molecule has 0 rings (SSSR count). The maximum absolute atomic E-state index is 3.77. The van der Waals surface area contributed by atoms with Gasteiger partial charge >= 0.3 is 24.7 Å². The quantitative estimate of drug-likeness (QED) is 0.518.